The summed E-state index contributed by atoms with van der Waals surface area (Å²) in [5.41, 5.74) is 0.847. The summed E-state index contributed by atoms with van der Waals surface area (Å²) < 4.78 is 37.7. The summed E-state index contributed by atoms with van der Waals surface area (Å²) in [6.07, 6.45) is -2.91. The van der Waals surface area contributed by atoms with Crippen LogP contribution >= 0.6 is 22.7 Å². The molecule has 21 heavy (non-hydrogen) atoms. The van der Waals surface area contributed by atoms with E-state index in [9.17, 15) is 13.2 Å². The molecule has 0 aliphatic heterocycles. The van der Waals surface area contributed by atoms with Crippen molar-refractivity contribution in [2.75, 3.05) is 0 Å². The normalized spacial score (nSPS) is 11.8. The number of hydrogen-bond donors (Lipinski definition) is 0. The molecule has 0 atom stereocenters. The lowest BCUT2D eigenvalue weighted by molar-refractivity contribution is -0.140. The summed E-state index contributed by atoms with van der Waals surface area (Å²) in [4.78, 5) is 12.9. The molecule has 3 nitrogen and oxygen atoms in total. The monoisotopic (exact) mass is 327 g/mol. The van der Waals surface area contributed by atoms with Gasteiger partial charge >= 0.3 is 6.18 Å². The van der Waals surface area contributed by atoms with Crippen LogP contribution in [-0.4, -0.2) is 15.0 Å². The van der Waals surface area contributed by atoms with Gasteiger partial charge in [-0.2, -0.15) is 13.2 Å². The summed E-state index contributed by atoms with van der Waals surface area (Å²) in [5, 5.41) is 3.08. The molecule has 3 aromatic heterocycles. The number of aryl methyl sites for hydroxylation is 1. The zero-order valence-corrected chi connectivity index (χ0v) is 12.3. The van der Waals surface area contributed by atoms with E-state index in [1.54, 1.807) is 6.07 Å². The lowest BCUT2D eigenvalue weighted by atomic mass is 10.2. The third kappa shape index (κ3) is 2.81. The third-order valence-electron chi connectivity index (χ3n) is 2.74. The summed E-state index contributed by atoms with van der Waals surface area (Å²) in [6, 6.07) is 3.70. The van der Waals surface area contributed by atoms with Crippen molar-refractivity contribution in [2.45, 2.75) is 13.1 Å². The van der Waals surface area contributed by atoms with Gasteiger partial charge in [-0.1, -0.05) is 0 Å². The molecular formula is C13H8F3N3S2. The Labute approximate surface area is 126 Å². The van der Waals surface area contributed by atoms with E-state index in [4.69, 9.17) is 0 Å². The van der Waals surface area contributed by atoms with Gasteiger partial charge in [-0.25, -0.2) is 15.0 Å². The van der Waals surface area contributed by atoms with Crippen molar-refractivity contribution < 1.29 is 13.2 Å². The first-order valence-electron chi connectivity index (χ1n) is 5.86. The molecular weight excluding hydrogens is 319 g/mol. The highest BCUT2D eigenvalue weighted by Gasteiger charge is 2.34. The molecule has 0 aliphatic carbocycles. The Morgan fingerprint density at radius 3 is 2.52 bits per heavy atom. The average molecular weight is 327 g/mol. The van der Waals surface area contributed by atoms with Crippen molar-refractivity contribution in [3.05, 3.63) is 40.3 Å². The van der Waals surface area contributed by atoms with Crippen LogP contribution in [0.3, 0.4) is 0 Å². The molecule has 0 unspecified atom stereocenters. The largest absolute Gasteiger partial charge is 0.434 e. The van der Waals surface area contributed by atoms with Crippen LogP contribution in [0.5, 0.6) is 0 Å². The molecule has 8 heteroatoms. The number of nitrogens with zero attached hydrogens (tertiary/aromatic N) is 3. The predicted octanol–water partition coefficient (Wildman–Crippen LogP) is 4.66. The quantitative estimate of drug-likeness (QED) is 0.687. The van der Waals surface area contributed by atoms with Gasteiger partial charge in [0.15, 0.2) is 16.5 Å². The van der Waals surface area contributed by atoms with Crippen LogP contribution in [0.2, 0.25) is 0 Å². The Morgan fingerprint density at radius 1 is 1.10 bits per heavy atom. The fraction of sp³-hybridized carbons (Fsp3) is 0.154. The smallest absolute Gasteiger partial charge is 0.234 e. The molecule has 0 radical (unpaired) electrons. The van der Waals surface area contributed by atoms with Crippen LogP contribution in [0.25, 0.3) is 21.4 Å². The molecule has 0 aromatic carbocycles. The van der Waals surface area contributed by atoms with Crippen molar-refractivity contribution in [1.82, 2.24) is 15.0 Å². The minimum Gasteiger partial charge on any atom is -0.234 e. The standard InChI is InChI=1S/C13H8F3N3S2/c1-7-3-5-20-10(7)8-2-4-17-11(18-8)12-19-9(6-21-12)13(14,15)16/h2-6H,1H3. The zero-order valence-electron chi connectivity index (χ0n) is 10.7. The molecule has 108 valence electrons. The lowest BCUT2D eigenvalue weighted by Crippen LogP contribution is -2.05. The van der Waals surface area contributed by atoms with E-state index in [0.29, 0.717) is 5.69 Å². The fourth-order valence-corrected chi connectivity index (χ4v) is 3.39. The molecule has 0 spiro atoms. The first-order chi connectivity index (χ1) is 9.95. The van der Waals surface area contributed by atoms with Crippen LogP contribution in [0.15, 0.2) is 29.1 Å². The van der Waals surface area contributed by atoms with Gasteiger partial charge in [0.05, 0.1) is 10.6 Å². The number of thiophene rings is 1. The maximum absolute atomic E-state index is 12.6. The highest BCUT2D eigenvalue weighted by atomic mass is 32.1. The lowest BCUT2D eigenvalue weighted by Gasteiger charge is -2.02. The first-order valence-corrected chi connectivity index (χ1v) is 7.61. The Hall–Kier alpha value is -1.80. The van der Waals surface area contributed by atoms with E-state index in [1.165, 1.54) is 17.5 Å². The molecule has 0 fully saturated rings. The van der Waals surface area contributed by atoms with E-state index in [2.05, 4.69) is 15.0 Å². The highest BCUT2D eigenvalue weighted by molar-refractivity contribution is 7.13. The molecule has 3 rings (SSSR count). The molecule has 0 saturated heterocycles. The topological polar surface area (TPSA) is 38.7 Å². The van der Waals surface area contributed by atoms with Crippen LogP contribution in [0, 0.1) is 6.92 Å². The van der Waals surface area contributed by atoms with E-state index >= 15 is 0 Å². The van der Waals surface area contributed by atoms with E-state index < -0.39 is 11.9 Å². The average Bonchev–Trinajstić information content (AvgIpc) is 3.06. The molecule has 0 saturated carbocycles. The number of alkyl halides is 3. The van der Waals surface area contributed by atoms with E-state index in [-0.39, 0.29) is 10.8 Å². The van der Waals surface area contributed by atoms with E-state index in [0.717, 1.165) is 27.2 Å². The zero-order chi connectivity index (χ0) is 15.0. The van der Waals surface area contributed by atoms with Crippen LogP contribution in [0.1, 0.15) is 11.3 Å². The van der Waals surface area contributed by atoms with Gasteiger partial charge in [0.2, 0.25) is 0 Å². The Bertz CT molecular complexity index is 777. The van der Waals surface area contributed by atoms with Crippen molar-refractivity contribution >= 4 is 22.7 Å². The maximum Gasteiger partial charge on any atom is 0.434 e. The Kier molecular flexibility index (Phi) is 3.50. The minimum absolute atomic E-state index is 0.165. The number of halogens is 3. The van der Waals surface area contributed by atoms with Crippen LogP contribution in [-0.2, 0) is 6.18 Å². The predicted molar refractivity (Wildman–Crippen MR) is 76.2 cm³/mol. The van der Waals surface area contributed by atoms with Gasteiger partial charge in [-0.05, 0) is 30.0 Å². The molecule has 3 heterocycles. The van der Waals surface area contributed by atoms with Crippen LogP contribution in [0.4, 0.5) is 13.2 Å². The Morgan fingerprint density at radius 2 is 1.90 bits per heavy atom. The van der Waals surface area contributed by atoms with Gasteiger partial charge < -0.3 is 0 Å². The summed E-state index contributed by atoms with van der Waals surface area (Å²) >= 11 is 2.42. The minimum atomic E-state index is -4.45. The van der Waals surface area contributed by atoms with Gasteiger partial charge in [0.25, 0.3) is 0 Å². The van der Waals surface area contributed by atoms with Gasteiger partial charge in [-0.15, -0.1) is 22.7 Å². The third-order valence-corrected chi connectivity index (χ3v) is 4.61. The molecule has 3 aromatic rings. The second-order valence-electron chi connectivity index (χ2n) is 4.23. The number of hydrogen-bond acceptors (Lipinski definition) is 5. The number of thiazole rings is 1. The Balaban J connectivity index is 2.01. The van der Waals surface area contributed by atoms with Crippen molar-refractivity contribution in [3.8, 4) is 21.4 Å². The van der Waals surface area contributed by atoms with Crippen molar-refractivity contribution in [3.63, 3.8) is 0 Å². The summed E-state index contributed by atoms with van der Waals surface area (Å²) in [7, 11) is 0. The maximum atomic E-state index is 12.6. The summed E-state index contributed by atoms with van der Waals surface area (Å²) in [5.74, 6) is 0.209. The van der Waals surface area contributed by atoms with Crippen molar-refractivity contribution in [1.29, 1.82) is 0 Å². The molecule has 0 bridgehead atoms. The van der Waals surface area contributed by atoms with Gasteiger partial charge in [-0.3, -0.25) is 0 Å². The van der Waals surface area contributed by atoms with E-state index in [1.807, 2.05) is 18.4 Å². The second kappa shape index (κ2) is 5.19. The number of aromatic nitrogens is 3. The second-order valence-corrected chi connectivity index (χ2v) is 6.01. The number of rotatable bonds is 2. The first kappa shape index (κ1) is 14.2. The molecule has 0 N–H and O–H groups in total. The molecule has 0 amide bonds. The fourth-order valence-electron chi connectivity index (χ4n) is 1.73. The summed E-state index contributed by atoms with van der Waals surface area (Å²) in [6.45, 7) is 1.96. The highest BCUT2D eigenvalue weighted by Crippen LogP contribution is 2.33. The molecule has 0 aliphatic rings. The van der Waals surface area contributed by atoms with Gasteiger partial charge in [0.1, 0.15) is 0 Å². The van der Waals surface area contributed by atoms with Crippen LogP contribution < -0.4 is 0 Å². The van der Waals surface area contributed by atoms with Crippen molar-refractivity contribution in [2.24, 2.45) is 0 Å². The SMILES string of the molecule is Cc1ccsc1-c1ccnc(-c2nc(C(F)(F)F)cs2)n1. The van der Waals surface area contributed by atoms with Gasteiger partial charge in [0, 0.05) is 11.6 Å².